The third-order valence-corrected chi connectivity index (χ3v) is 3.96. The van der Waals surface area contributed by atoms with E-state index in [2.05, 4.69) is 0 Å². The van der Waals surface area contributed by atoms with Gasteiger partial charge in [-0.2, -0.15) is 0 Å². The zero-order chi connectivity index (χ0) is 11.4. The van der Waals surface area contributed by atoms with E-state index in [1.54, 1.807) is 0 Å². The first-order valence-corrected chi connectivity index (χ1v) is 6.67. The van der Waals surface area contributed by atoms with Gasteiger partial charge in [0.1, 0.15) is 5.78 Å². The van der Waals surface area contributed by atoms with Crippen molar-refractivity contribution in [3.63, 3.8) is 0 Å². The number of carbonyl (C=O) groups excluding carboxylic acids is 1. The van der Waals surface area contributed by atoms with Crippen LogP contribution in [-0.2, 0) is 9.53 Å². The summed E-state index contributed by atoms with van der Waals surface area (Å²) >= 11 is 0. The van der Waals surface area contributed by atoms with E-state index >= 15 is 0 Å². The van der Waals surface area contributed by atoms with Gasteiger partial charge in [0.15, 0.2) is 0 Å². The van der Waals surface area contributed by atoms with Crippen molar-refractivity contribution in [1.82, 2.24) is 0 Å². The Morgan fingerprint density at radius 3 is 2.75 bits per heavy atom. The van der Waals surface area contributed by atoms with Crippen LogP contribution in [0.3, 0.4) is 0 Å². The Morgan fingerprint density at radius 2 is 2.12 bits per heavy atom. The van der Waals surface area contributed by atoms with Gasteiger partial charge in [0.25, 0.3) is 0 Å². The van der Waals surface area contributed by atoms with E-state index < -0.39 is 0 Å². The molecule has 1 aliphatic heterocycles. The summed E-state index contributed by atoms with van der Waals surface area (Å²) in [6, 6.07) is 0.134. The molecule has 0 aromatic rings. The normalized spacial score (nSPS) is 34.4. The molecule has 0 aromatic heterocycles. The molecule has 3 unspecified atom stereocenters. The van der Waals surface area contributed by atoms with Crippen molar-refractivity contribution in [3.05, 3.63) is 0 Å². The fourth-order valence-electron chi connectivity index (χ4n) is 2.95. The molecule has 92 valence electrons. The van der Waals surface area contributed by atoms with Gasteiger partial charge in [-0.05, 0) is 38.5 Å². The SMILES string of the molecule is NC1CCCC1C(=O)CCCC1CCCO1. The molecular formula is C13H23NO2. The molecule has 2 aliphatic rings. The van der Waals surface area contributed by atoms with E-state index in [4.69, 9.17) is 10.5 Å². The molecule has 2 rings (SSSR count). The summed E-state index contributed by atoms with van der Waals surface area (Å²) in [7, 11) is 0. The van der Waals surface area contributed by atoms with Crippen LogP contribution in [0.4, 0.5) is 0 Å². The highest BCUT2D eigenvalue weighted by molar-refractivity contribution is 5.81. The monoisotopic (exact) mass is 225 g/mol. The molecule has 2 fully saturated rings. The lowest BCUT2D eigenvalue weighted by molar-refractivity contribution is -0.123. The van der Waals surface area contributed by atoms with Crippen molar-refractivity contribution in [2.75, 3.05) is 6.61 Å². The Hall–Kier alpha value is -0.410. The fraction of sp³-hybridized carbons (Fsp3) is 0.923. The van der Waals surface area contributed by atoms with Gasteiger partial charge in [0, 0.05) is 25.0 Å². The van der Waals surface area contributed by atoms with Gasteiger partial charge < -0.3 is 10.5 Å². The maximum absolute atomic E-state index is 11.9. The summed E-state index contributed by atoms with van der Waals surface area (Å²) in [4.78, 5) is 11.9. The van der Waals surface area contributed by atoms with Gasteiger partial charge in [-0.3, -0.25) is 4.79 Å². The smallest absolute Gasteiger partial charge is 0.137 e. The summed E-state index contributed by atoms with van der Waals surface area (Å²) in [6.07, 6.45) is 8.69. The molecule has 1 saturated heterocycles. The topological polar surface area (TPSA) is 52.3 Å². The van der Waals surface area contributed by atoms with Crippen molar-refractivity contribution in [1.29, 1.82) is 0 Å². The lowest BCUT2D eigenvalue weighted by Gasteiger charge is -2.14. The minimum absolute atomic E-state index is 0.134. The maximum Gasteiger partial charge on any atom is 0.137 e. The minimum Gasteiger partial charge on any atom is -0.378 e. The molecule has 0 radical (unpaired) electrons. The third-order valence-electron chi connectivity index (χ3n) is 3.96. The van der Waals surface area contributed by atoms with Gasteiger partial charge in [-0.25, -0.2) is 0 Å². The number of ketones is 1. The highest BCUT2D eigenvalue weighted by atomic mass is 16.5. The summed E-state index contributed by atoms with van der Waals surface area (Å²) in [5.41, 5.74) is 5.93. The molecular weight excluding hydrogens is 202 g/mol. The summed E-state index contributed by atoms with van der Waals surface area (Å²) in [5.74, 6) is 0.549. The zero-order valence-electron chi connectivity index (χ0n) is 9.99. The first-order chi connectivity index (χ1) is 7.77. The predicted molar refractivity (Wildman–Crippen MR) is 63.1 cm³/mol. The summed E-state index contributed by atoms with van der Waals surface area (Å²) in [6.45, 7) is 0.909. The van der Waals surface area contributed by atoms with E-state index in [1.165, 1.54) is 12.8 Å². The van der Waals surface area contributed by atoms with Crippen LogP contribution in [0, 0.1) is 5.92 Å². The Kier molecular flexibility index (Phi) is 4.36. The molecule has 3 atom stereocenters. The zero-order valence-corrected chi connectivity index (χ0v) is 9.99. The van der Waals surface area contributed by atoms with Crippen LogP contribution < -0.4 is 5.73 Å². The first-order valence-electron chi connectivity index (χ1n) is 6.67. The lowest BCUT2D eigenvalue weighted by atomic mass is 9.94. The van der Waals surface area contributed by atoms with Crippen molar-refractivity contribution < 1.29 is 9.53 Å². The van der Waals surface area contributed by atoms with Crippen molar-refractivity contribution in [2.24, 2.45) is 11.7 Å². The van der Waals surface area contributed by atoms with Crippen LogP contribution in [-0.4, -0.2) is 24.5 Å². The number of rotatable bonds is 5. The Labute approximate surface area is 97.7 Å². The van der Waals surface area contributed by atoms with Crippen LogP contribution in [0.1, 0.15) is 51.4 Å². The van der Waals surface area contributed by atoms with E-state index in [0.29, 0.717) is 18.3 Å². The van der Waals surface area contributed by atoms with Gasteiger partial charge >= 0.3 is 0 Å². The van der Waals surface area contributed by atoms with Crippen LogP contribution in [0.25, 0.3) is 0 Å². The summed E-state index contributed by atoms with van der Waals surface area (Å²) < 4.78 is 5.55. The van der Waals surface area contributed by atoms with Gasteiger partial charge in [-0.1, -0.05) is 6.42 Å². The second kappa shape index (κ2) is 5.78. The van der Waals surface area contributed by atoms with Gasteiger partial charge in [-0.15, -0.1) is 0 Å². The van der Waals surface area contributed by atoms with E-state index in [9.17, 15) is 4.79 Å². The second-order valence-electron chi connectivity index (χ2n) is 5.19. The molecule has 0 amide bonds. The third kappa shape index (κ3) is 3.05. The van der Waals surface area contributed by atoms with Gasteiger partial charge in [0.05, 0.1) is 6.10 Å². The Morgan fingerprint density at radius 1 is 1.25 bits per heavy atom. The lowest BCUT2D eigenvalue weighted by Crippen LogP contribution is -2.30. The number of Topliss-reactive ketones (excluding diaryl/α,β-unsaturated/α-hetero) is 1. The molecule has 0 aromatic carbocycles. The molecule has 1 aliphatic carbocycles. The molecule has 3 nitrogen and oxygen atoms in total. The highest BCUT2D eigenvalue weighted by Crippen LogP contribution is 2.27. The second-order valence-corrected chi connectivity index (χ2v) is 5.19. The molecule has 1 saturated carbocycles. The van der Waals surface area contributed by atoms with Crippen molar-refractivity contribution in [2.45, 2.75) is 63.5 Å². The number of ether oxygens (including phenoxy) is 1. The minimum atomic E-state index is 0.134. The van der Waals surface area contributed by atoms with E-state index in [0.717, 1.165) is 38.7 Å². The molecule has 0 spiro atoms. The van der Waals surface area contributed by atoms with Crippen LogP contribution in [0.15, 0.2) is 0 Å². The highest BCUT2D eigenvalue weighted by Gasteiger charge is 2.29. The predicted octanol–water partition coefficient (Wildman–Crippen LogP) is 2.03. The number of carbonyl (C=O) groups is 1. The Balaban J connectivity index is 1.63. The average Bonchev–Trinajstić information content (AvgIpc) is 2.88. The fourth-order valence-corrected chi connectivity index (χ4v) is 2.95. The molecule has 1 heterocycles. The summed E-state index contributed by atoms with van der Waals surface area (Å²) in [5, 5.41) is 0. The van der Waals surface area contributed by atoms with Gasteiger partial charge in [0.2, 0.25) is 0 Å². The van der Waals surface area contributed by atoms with Crippen molar-refractivity contribution >= 4 is 5.78 Å². The number of hydrogen-bond acceptors (Lipinski definition) is 3. The molecule has 3 heteroatoms. The molecule has 0 bridgehead atoms. The average molecular weight is 225 g/mol. The quantitative estimate of drug-likeness (QED) is 0.779. The van der Waals surface area contributed by atoms with E-state index in [1.807, 2.05) is 0 Å². The van der Waals surface area contributed by atoms with Crippen molar-refractivity contribution in [3.8, 4) is 0 Å². The van der Waals surface area contributed by atoms with Crippen LogP contribution >= 0.6 is 0 Å². The number of nitrogens with two attached hydrogens (primary N) is 1. The maximum atomic E-state index is 11.9. The molecule has 16 heavy (non-hydrogen) atoms. The van der Waals surface area contributed by atoms with Crippen LogP contribution in [0.5, 0.6) is 0 Å². The first kappa shape index (κ1) is 12.1. The number of hydrogen-bond donors (Lipinski definition) is 1. The van der Waals surface area contributed by atoms with Crippen LogP contribution in [0.2, 0.25) is 0 Å². The largest absolute Gasteiger partial charge is 0.378 e. The Bertz CT molecular complexity index is 236. The molecule has 2 N–H and O–H groups in total. The van der Waals surface area contributed by atoms with E-state index in [-0.39, 0.29) is 12.0 Å². The standard InChI is InChI=1S/C13H23NO2/c14-12-7-2-6-11(12)13(15)8-1-4-10-5-3-9-16-10/h10-12H,1-9,14H2.